The van der Waals surface area contributed by atoms with E-state index in [1.807, 2.05) is 42.5 Å². The third kappa shape index (κ3) is 13.3. The summed E-state index contributed by atoms with van der Waals surface area (Å²) < 4.78 is 61.2. The molecule has 0 bridgehead atoms. The lowest BCUT2D eigenvalue weighted by atomic mass is 9.98. The van der Waals surface area contributed by atoms with Gasteiger partial charge in [0.25, 0.3) is 0 Å². The highest BCUT2D eigenvalue weighted by atomic mass is 35.5. The SMILES string of the molecule is C1COCCN1.CS(=O)(=O)NCC1CCCN(c2nc(Cl)nc3ccccc23)C1.CS(=O)(=O)NCC1CCCN(c2nc(N3CCOCC3)nc3ccccc23)C1. The van der Waals surface area contributed by atoms with Crippen LogP contribution >= 0.6 is 11.6 Å². The van der Waals surface area contributed by atoms with Gasteiger partial charge in [0, 0.05) is 76.2 Å². The number of hydrogen-bond acceptors (Lipinski definition) is 14. The summed E-state index contributed by atoms with van der Waals surface area (Å²) in [5.74, 6) is 3.03. The second-order valence-electron chi connectivity index (χ2n) is 14.8. The van der Waals surface area contributed by atoms with E-state index in [1.54, 1.807) is 0 Å². The number of nitrogens with zero attached hydrogens (tertiary/aromatic N) is 7. The minimum Gasteiger partial charge on any atom is -0.379 e. The van der Waals surface area contributed by atoms with E-state index >= 15 is 0 Å². The van der Waals surface area contributed by atoms with Crippen LogP contribution in [0.25, 0.3) is 21.8 Å². The van der Waals surface area contributed by atoms with Gasteiger partial charge < -0.3 is 29.5 Å². The van der Waals surface area contributed by atoms with Crippen LogP contribution < -0.4 is 29.5 Å². The number of hydrogen-bond donors (Lipinski definition) is 3. The average Bonchev–Trinajstić information content (AvgIpc) is 3.22. The van der Waals surface area contributed by atoms with Crippen LogP contribution in [0.1, 0.15) is 25.7 Å². The Morgan fingerprint density at radius 1 is 0.667 bits per heavy atom. The summed E-state index contributed by atoms with van der Waals surface area (Å²) in [6, 6.07) is 15.9. The molecule has 6 heterocycles. The zero-order valence-corrected chi connectivity index (χ0v) is 35.2. The minimum atomic E-state index is -3.17. The van der Waals surface area contributed by atoms with Gasteiger partial charge in [0.1, 0.15) is 11.6 Å². The van der Waals surface area contributed by atoms with E-state index in [1.165, 1.54) is 12.5 Å². The lowest BCUT2D eigenvalue weighted by molar-refractivity contribution is 0.109. The smallest absolute Gasteiger partial charge is 0.228 e. The molecule has 19 heteroatoms. The van der Waals surface area contributed by atoms with Crippen molar-refractivity contribution in [3.8, 4) is 0 Å². The maximum atomic E-state index is 11.5. The predicted octanol–water partition coefficient (Wildman–Crippen LogP) is 2.89. The Morgan fingerprint density at radius 3 is 1.65 bits per heavy atom. The molecule has 0 amide bonds. The molecule has 2 aromatic heterocycles. The van der Waals surface area contributed by atoms with Crippen LogP contribution in [0.4, 0.5) is 17.6 Å². The van der Waals surface area contributed by atoms with Gasteiger partial charge in [0.15, 0.2) is 0 Å². The van der Waals surface area contributed by atoms with Crippen molar-refractivity contribution >= 4 is 71.0 Å². The molecule has 16 nitrogen and oxygen atoms in total. The first-order chi connectivity index (χ1) is 27.4. The number of benzene rings is 2. The Bertz CT molecular complexity index is 2130. The van der Waals surface area contributed by atoms with E-state index in [2.05, 4.69) is 45.5 Å². The van der Waals surface area contributed by atoms with Crippen molar-refractivity contribution in [2.45, 2.75) is 25.7 Å². The van der Waals surface area contributed by atoms with Gasteiger partial charge in [-0.2, -0.15) is 9.97 Å². The number of para-hydroxylation sites is 2. The van der Waals surface area contributed by atoms with E-state index in [-0.39, 0.29) is 17.1 Å². The number of sulfonamides is 2. The van der Waals surface area contributed by atoms with E-state index in [4.69, 9.17) is 31.0 Å². The molecule has 4 aliphatic rings. The molecule has 4 aromatic rings. The molecule has 57 heavy (non-hydrogen) atoms. The fourth-order valence-corrected chi connectivity index (χ4v) is 8.62. The minimum absolute atomic E-state index is 0.232. The standard InChI is InChI=1S/C19H27N5O3S.C15H19ClN4O2S.C4H9NO/c1-28(25,26)20-13-15-5-4-8-24(14-15)18-16-6-2-3-7-17(16)21-19(22-18)23-9-11-27-12-10-23;1-23(21,22)17-9-11-5-4-8-20(10-11)14-12-6-2-3-7-13(12)18-15(16)19-14;1-3-6-4-2-5-1/h2-3,6-7,15,20H,4-5,8-14H2,1H3;2-3,6-7,11,17H,4-5,8-10H2,1H3;5H,1-4H2. The van der Waals surface area contributed by atoms with Crippen molar-refractivity contribution in [2.75, 3.05) is 119 Å². The summed E-state index contributed by atoms with van der Waals surface area (Å²) in [6.45, 7) is 11.0. The van der Waals surface area contributed by atoms with Crippen LogP contribution in [-0.4, -0.2) is 141 Å². The Kier molecular flexibility index (Phi) is 15.5. The first kappa shape index (κ1) is 43.1. The molecule has 0 radical (unpaired) electrons. The first-order valence-corrected chi connectivity index (χ1v) is 23.8. The van der Waals surface area contributed by atoms with Crippen LogP contribution in [0.15, 0.2) is 48.5 Å². The third-order valence-corrected chi connectivity index (χ3v) is 11.7. The fraction of sp³-hybridized carbons (Fsp3) is 0.579. The number of rotatable bonds is 9. The van der Waals surface area contributed by atoms with Gasteiger partial charge in [-0.15, -0.1) is 0 Å². The number of aromatic nitrogens is 4. The number of halogens is 1. The van der Waals surface area contributed by atoms with Crippen LogP contribution in [0, 0.1) is 11.8 Å². The number of ether oxygens (including phenoxy) is 2. The molecule has 4 aliphatic heterocycles. The van der Waals surface area contributed by atoms with Crippen molar-refractivity contribution in [3.63, 3.8) is 0 Å². The molecule has 312 valence electrons. The van der Waals surface area contributed by atoms with Gasteiger partial charge in [-0.05, 0) is 73.4 Å². The number of nitrogens with one attached hydrogen (secondary N) is 3. The maximum Gasteiger partial charge on any atom is 0.228 e. The van der Waals surface area contributed by atoms with Crippen molar-refractivity contribution in [1.29, 1.82) is 0 Å². The number of fused-ring (bicyclic) bond motifs is 2. The van der Waals surface area contributed by atoms with E-state index < -0.39 is 20.0 Å². The average molecular weight is 848 g/mol. The number of piperidine rings is 2. The summed E-state index contributed by atoms with van der Waals surface area (Å²) in [4.78, 5) is 25.0. The molecule has 4 saturated heterocycles. The topological polar surface area (TPSA) is 184 Å². The molecule has 0 spiro atoms. The van der Waals surface area contributed by atoms with Crippen molar-refractivity contribution in [3.05, 3.63) is 53.8 Å². The maximum absolute atomic E-state index is 11.5. The van der Waals surface area contributed by atoms with Gasteiger partial charge in [0.2, 0.25) is 31.3 Å². The summed E-state index contributed by atoms with van der Waals surface area (Å²) in [5.41, 5.74) is 1.75. The van der Waals surface area contributed by atoms with Gasteiger partial charge in [-0.25, -0.2) is 36.2 Å². The second kappa shape index (κ2) is 20.5. The molecule has 2 aromatic carbocycles. The highest BCUT2D eigenvalue weighted by Crippen LogP contribution is 2.31. The highest BCUT2D eigenvalue weighted by molar-refractivity contribution is 7.89. The van der Waals surface area contributed by atoms with Crippen LogP contribution in [0.2, 0.25) is 5.28 Å². The predicted molar refractivity (Wildman–Crippen MR) is 226 cm³/mol. The van der Waals surface area contributed by atoms with Gasteiger partial charge in [-0.3, -0.25) is 0 Å². The van der Waals surface area contributed by atoms with Gasteiger partial charge in [0.05, 0.1) is 50.0 Å². The molecular formula is C38H55ClN10O6S2. The number of anilines is 3. The molecule has 2 unspecified atom stereocenters. The Hall–Kier alpha value is -3.49. The van der Waals surface area contributed by atoms with Gasteiger partial charge >= 0.3 is 0 Å². The monoisotopic (exact) mass is 846 g/mol. The van der Waals surface area contributed by atoms with Gasteiger partial charge in [-0.1, -0.05) is 24.3 Å². The lowest BCUT2D eigenvalue weighted by Gasteiger charge is -2.35. The highest BCUT2D eigenvalue weighted by Gasteiger charge is 2.26. The quantitative estimate of drug-likeness (QED) is 0.209. The Morgan fingerprint density at radius 2 is 1.16 bits per heavy atom. The van der Waals surface area contributed by atoms with E-state index in [9.17, 15) is 16.8 Å². The summed E-state index contributed by atoms with van der Waals surface area (Å²) in [7, 11) is -6.34. The Labute approximate surface area is 341 Å². The van der Waals surface area contributed by atoms with Crippen molar-refractivity contribution in [1.82, 2.24) is 34.7 Å². The Balaban J connectivity index is 0.000000170. The molecule has 4 fully saturated rings. The summed E-state index contributed by atoms with van der Waals surface area (Å²) in [6.07, 6.45) is 6.41. The molecule has 0 saturated carbocycles. The van der Waals surface area contributed by atoms with E-state index in [0.717, 1.165) is 131 Å². The van der Waals surface area contributed by atoms with Crippen LogP contribution in [-0.2, 0) is 29.5 Å². The molecule has 3 N–H and O–H groups in total. The fourth-order valence-electron chi connectivity index (χ4n) is 7.37. The summed E-state index contributed by atoms with van der Waals surface area (Å²) in [5, 5.41) is 5.40. The molecule has 2 atom stereocenters. The zero-order valence-electron chi connectivity index (χ0n) is 32.8. The lowest BCUT2D eigenvalue weighted by Crippen LogP contribution is -2.42. The molecular weight excluding hydrogens is 792 g/mol. The molecule has 8 rings (SSSR count). The normalized spacial score (nSPS) is 20.7. The second-order valence-corrected chi connectivity index (χ2v) is 18.8. The first-order valence-electron chi connectivity index (χ1n) is 19.6. The third-order valence-electron chi connectivity index (χ3n) is 10.2. The van der Waals surface area contributed by atoms with Crippen LogP contribution in [0.3, 0.4) is 0 Å². The number of morpholine rings is 2. The largest absolute Gasteiger partial charge is 0.379 e. The van der Waals surface area contributed by atoms with Crippen molar-refractivity contribution in [2.24, 2.45) is 11.8 Å². The summed E-state index contributed by atoms with van der Waals surface area (Å²) >= 11 is 6.06. The van der Waals surface area contributed by atoms with Crippen LogP contribution in [0.5, 0.6) is 0 Å². The van der Waals surface area contributed by atoms with Crippen molar-refractivity contribution < 1.29 is 26.3 Å². The zero-order chi connectivity index (χ0) is 40.3. The van der Waals surface area contributed by atoms with E-state index in [0.29, 0.717) is 26.3 Å². The molecule has 0 aliphatic carbocycles.